The number of esters is 1. The molecule has 144 valence electrons. The fourth-order valence-corrected chi connectivity index (χ4v) is 2.33. The summed E-state index contributed by atoms with van der Waals surface area (Å²) in [7, 11) is 1.43. The van der Waals surface area contributed by atoms with Crippen LogP contribution < -0.4 is 19.5 Å². The van der Waals surface area contributed by atoms with Crippen LogP contribution in [-0.4, -0.2) is 25.6 Å². The van der Waals surface area contributed by atoms with Crippen molar-refractivity contribution in [3.8, 4) is 23.3 Å². The van der Waals surface area contributed by atoms with E-state index in [0.29, 0.717) is 29.4 Å². The summed E-state index contributed by atoms with van der Waals surface area (Å²) in [5, 5.41) is 12.0. The molecular formula is C21H20N2O5. The summed E-state index contributed by atoms with van der Waals surface area (Å²) in [6, 6.07) is 13.4. The second-order valence-electron chi connectivity index (χ2n) is 5.59. The first kappa shape index (κ1) is 20.5. The Morgan fingerprint density at radius 3 is 2.43 bits per heavy atom. The first-order valence-electron chi connectivity index (χ1n) is 8.49. The van der Waals surface area contributed by atoms with Crippen LogP contribution in [-0.2, 0) is 9.59 Å². The average molecular weight is 380 g/mol. The Morgan fingerprint density at radius 2 is 1.86 bits per heavy atom. The first-order valence-corrected chi connectivity index (χ1v) is 8.49. The molecule has 0 bridgehead atoms. The van der Waals surface area contributed by atoms with Gasteiger partial charge < -0.3 is 19.5 Å². The molecule has 28 heavy (non-hydrogen) atoms. The van der Waals surface area contributed by atoms with Crippen molar-refractivity contribution in [3.05, 3.63) is 53.6 Å². The van der Waals surface area contributed by atoms with Crippen LogP contribution in [0.5, 0.6) is 17.2 Å². The van der Waals surface area contributed by atoms with E-state index in [4.69, 9.17) is 14.2 Å². The van der Waals surface area contributed by atoms with E-state index in [1.807, 2.05) is 13.0 Å². The molecule has 0 saturated heterocycles. The third kappa shape index (κ3) is 5.61. The predicted octanol–water partition coefficient (Wildman–Crippen LogP) is 3.56. The van der Waals surface area contributed by atoms with Crippen molar-refractivity contribution in [2.75, 3.05) is 19.0 Å². The van der Waals surface area contributed by atoms with Crippen molar-refractivity contribution in [3.63, 3.8) is 0 Å². The van der Waals surface area contributed by atoms with Crippen molar-refractivity contribution in [2.45, 2.75) is 13.8 Å². The Labute approximate surface area is 163 Å². The Kier molecular flexibility index (Phi) is 7.17. The molecule has 0 aliphatic heterocycles. The quantitative estimate of drug-likeness (QED) is 0.341. The van der Waals surface area contributed by atoms with Crippen LogP contribution in [0.2, 0.25) is 0 Å². The number of amides is 1. The fraction of sp³-hybridized carbons (Fsp3) is 0.190. The number of ether oxygens (including phenoxy) is 3. The van der Waals surface area contributed by atoms with E-state index in [0.717, 1.165) is 0 Å². The number of nitriles is 1. The maximum atomic E-state index is 12.4. The van der Waals surface area contributed by atoms with Crippen LogP contribution in [0, 0.1) is 11.3 Å². The van der Waals surface area contributed by atoms with Crippen LogP contribution in [0.3, 0.4) is 0 Å². The minimum absolute atomic E-state index is 0.0869. The van der Waals surface area contributed by atoms with Gasteiger partial charge in [0, 0.05) is 12.6 Å². The van der Waals surface area contributed by atoms with Gasteiger partial charge in [-0.05, 0) is 55.0 Å². The molecule has 0 aliphatic rings. The van der Waals surface area contributed by atoms with Crippen molar-refractivity contribution in [2.24, 2.45) is 0 Å². The third-order valence-electron chi connectivity index (χ3n) is 3.54. The van der Waals surface area contributed by atoms with E-state index in [9.17, 15) is 14.9 Å². The summed E-state index contributed by atoms with van der Waals surface area (Å²) >= 11 is 0. The summed E-state index contributed by atoms with van der Waals surface area (Å²) in [6.07, 6.45) is 1.42. The molecule has 2 aromatic rings. The molecule has 1 N–H and O–H groups in total. The topological polar surface area (TPSA) is 97.6 Å². The molecule has 0 heterocycles. The molecular weight excluding hydrogens is 360 g/mol. The third-order valence-corrected chi connectivity index (χ3v) is 3.54. The van der Waals surface area contributed by atoms with Crippen LogP contribution in [0.15, 0.2) is 48.0 Å². The molecule has 2 aromatic carbocycles. The smallest absolute Gasteiger partial charge is 0.308 e. The highest BCUT2D eigenvalue weighted by Crippen LogP contribution is 2.29. The second-order valence-corrected chi connectivity index (χ2v) is 5.59. The molecule has 0 radical (unpaired) electrons. The maximum absolute atomic E-state index is 12.4. The normalized spacial score (nSPS) is 10.6. The standard InChI is InChI=1S/C21H20N2O5/c1-4-27-18-8-6-17(7-9-18)23-21(25)16(13-22)11-15-5-10-19(28-14(2)24)20(12-15)26-3/h5-12H,4H2,1-3H3,(H,23,25)/b16-11-. The fourth-order valence-electron chi connectivity index (χ4n) is 2.33. The maximum Gasteiger partial charge on any atom is 0.308 e. The van der Waals surface area contributed by atoms with E-state index in [-0.39, 0.29) is 11.3 Å². The van der Waals surface area contributed by atoms with Crippen molar-refractivity contribution in [1.82, 2.24) is 0 Å². The molecule has 0 aliphatic carbocycles. The summed E-state index contributed by atoms with van der Waals surface area (Å²) in [5.74, 6) is 0.234. The lowest BCUT2D eigenvalue weighted by Crippen LogP contribution is -2.13. The molecule has 0 unspecified atom stereocenters. The molecule has 7 heteroatoms. The van der Waals surface area contributed by atoms with E-state index >= 15 is 0 Å². The highest BCUT2D eigenvalue weighted by molar-refractivity contribution is 6.09. The highest BCUT2D eigenvalue weighted by Gasteiger charge is 2.12. The number of anilines is 1. The largest absolute Gasteiger partial charge is 0.494 e. The monoisotopic (exact) mass is 380 g/mol. The van der Waals surface area contributed by atoms with Crippen LogP contribution in [0.1, 0.15) is 19.4 Å². The predicted molar refractivity (Wildman–Crippen MR) is 104 cm³/mol. The Hall–Kier alpha value is -3.79. The molecule has 0 aromatic heterocycles. The zero-order chi connectivity index (χ0) is 20.5. The lowest BCUT2D eigenvalue weighted by molar-refractivity contribution is -0.132. The van der Waals surface area contributed by atoms with Crippen LogP contribution >= 0.6 is 0 Å². The van der Waals surface area contributed by atoms with Gasteiger partial charge in [0.2, 0.25) is 0 Å². The molecule has 1 amide bonds. The zero-order valence-corrected chi connectivity index (χ0v) is 15.8. The number of hydrogen-bond donors (Lipinski definition) is 1. The van der Waals surface area contributed by atoms with E-state index in [1.165, 1.54) is 26.2 Å². The van der Waals surface area contributed by atoms with Gasteiger partial charge in [0.05, 0.1) is 13.7 Å². The second kappa shape index (κ2) is 9.78. The van der Waals surface area contributed by atoms with Gasteiger partial charge in [-0.15, -0.1) is 0 Å². The van der Waals surface area contributed by atoms with Gasteiger partial charge in [-0.25, -0.2) is 0 Å². The summed E-state index contributed by atoms with van der Waals surface area (Å²) in [4.78, 5) is 23.5. The van der Waals surface area contributed by atoms with Gasteiger partial charge in [0.1, 0.15) is 17.4 Å². The first-order chi connectivity index (χ1) is 13.5. The Morgan fingerprint density at radius 1 is 1.14 bits per heavy atom. The van der Waals surface area contributed by atoms with Crippen LogP contribution in [0.25, 0.3) is 6.08 Å². The highest BCUT2D eigenvalue weighted by atomic mass is 16.6. The summed E-state index contributed by atoms with van der Waals surface area (Å²) in [6.45, 7) is 3.71. The summed E-state index contributed by atoms with van der Waals surface area (Å²) < 4.78 is 15.6. The van der Waals surface area contributed by atoms with Gasteiger partial charge in [-0.1, -0.05) is 6.07 Å². The Bertz CT molecular complexity index is 927. The number of methoxy groups -OCH3 is 1. The number of carbonyl (C=O) groups is 2. The lowest BCUT2D eigenvalue weighted by Gasteiger charge is -2.09. The minimum atomic E-state index is -0.547. The lowest BCUT2D eigenvalue weighted by atomic mass is 10.1. The van der Waals surface area contributed by atoms with Gasteiger partial charge in [0.25, 0.3) is 5.91 Å². The number of carbonyl (C=O) groups excluding carboxylic acids is 2. The van der Waals surface area contributed by atoms with Crippen molar-refractivity contribution in [1.29, 1.82) is 5.26 Å². The SMILES string of the molecule is CCOc1ccc(NC(=O)/C(C#N)=C\c2ccc(OC(C)=O)c(OC)c2)cc1. The molecule has 7 nitrogen and oxygen atoms in total. The summed E-state index contributed by atoms with van der Waals surface area (Å²) in [5.41, 5.74) is 1.000. The number of nitrogens with zero attached hydrogens (tertiary/aromatic N) is 1. The van der Waals surface area contributed by atoms with Crippen molar-refractivity contribution >= 4 is 23.6 Å². The van der Waals surface area contributed by atoms with E-state index < -0.39 is 11.9 Å². The van der Waals surface area contributed by atoms with Crippen molar-refractivity contribution < 1.29 is 23.8 Å². The van der Waals surface area contributed by atoms with Gasteiger partial charge in [0.15, 0.2) is 11.5 Å². The molecule has 0 saturated carbocycles. The van der Waals surface area contributed by atoms with Gasteiger partial charge >= 0.3 is 5.97 Å². The Balaban J connectivity index is 2.19. The molecule has 0 atom stereocenters. The number of hydrogen-bond acceptors (Lipinski definition) is 6. The molecule has 0 fully saturated rings. The van der Waals surface area contributed by atoms with Gasteiger partial charge in [-0.2, -0.15) is 5.26 Å². The van der Waals surface area contributed by atoms with E-state index in [2.05, 4.69) is 5.32 Å². The van der Waals surface area contributed by atoms with Crippen LogP contribution in [0.4, 0.5) is 5.69 Å². The van der Waals surface area contributed by atoms with Gasteiger partial charge in [-0.3, -0.25) is 9.59 Å². The molecule has 2 rings (SSSR count). The number of benzene rings is 2. The number of nitrogens with one attached hydrogen (secondary N) is 1. The number of rotatable bonds is 7. The minimum Gasteiger partial charge on any atom is -0.494 e. The average Bonchev–Trinajstić information content (AvgIpc) is 2.68. The molecule has 0 spiro atoms. The van der Waals surface area contributed by atoms with E-state index in [1.54, 1.807) is 36.4 Å². The zero-order valence-electron chi connectivity index (χ0n) is 15.8.